The van der Waals surface area contributed by atoms with E-state index in [1.165, 1.54) is 13.3 Å². The quantitative estimate of drug-likeness (QED) is 0.857. The summed E-state index contributed by atoms with van der Waals surface area (Å²) < 4.78 is 10.6. The molecule has 1 aromatic heterocycles. The van der Waals surface area contributed by atoms with Crippen LogP contribution in [0.2, 0.25) is 0 Å². The van der Waals surface area contributed by atoms with E-state index < -0.39 is 11.6 Å². The Morgan fingerprint density at radius 1 is 1.48 bits per heavy atom. The molecule has 0 spiro atoms. The van der Waals surface area contributed by atoms with Crippen molar-refractivity contribution in [2.75, 3.05) is 19.5 Å². The van der Waals surface area contributed by atoms with Gasteiger partial charge in [0.2, 0.25) is 0 Å². The monoisotopic (exact) mass is 293 g/mol. The fourth-order valence-corrected chi connectivity index (χ4v) is 2.82. The lowest BCUT2D eigenvalue weighted by Crippen LogP contribution is -2.36. The van der Waals surface area contributed by atoms with E-state index in [-0.39, 0.29) is 11.4 Å². The molecule has 0 aromatic carbocycles. The Bertz CT molecular complexity index is 511. The van der Waals surface area contributed by atoms with E-state index in [4.69, 9.17) is 10.5 Å². The molecule has 21 heavy (non-hydrogen) atoms. The van der Waals surface area contributed by atoms with Crippen LogP contribution in [-0.2, 0) is 15.1 Å². The topological polar surface area (TPSA) is 87.3 Å². The number of methoxy groups -OCH3 is 1. The van der Waals surface area contributed by atoms with E-state index in [9.17, 15) is 4.79 Å². The Hall–Kier alpha value is -1.69. The van der Waals surface area contributed by atoms with Gasteiger partial charge in [0.25, 0.3) is 0 Å². The van der Waals surface area contributed by atoms with Gasteiger partial charge in [0.05, 0.1) is 7.11 Å². The van der Waals surface area contributed by atoms with E-state index in [0.29, 0.717) is 18.3 Å². The number of carbonyl (C=O) groups excluding carboxylic acids is 1. The highest BCUT2D eigenvalue weighted by molar-refractivity contribution is 5.93. The SMILES string of the molecule is CCOC1(c2ncc(C(=O)OC)c(N)n2)CCC(C)CC1. The Labute approximate surface area is 125 Å². The normalized spacial score (nSPS) is 25.6. The molecule has 1 aromatic rings. The third-order valence-electron chi connectivity index (χ3n) is 4.13. The first-order chi connectivity index (χ1) is 10.0. The summed E-state index contributed by atoms with van der Waals surface area (Å²) in [6.07, 6.45) is 5.32. The van der Waals surface area contributed by atoms with Gasteiger partial charge in [0.15, 0.2) is 5.82 Å². The van der Waals surface area contributed by atoms with Crippen LogP contribution in [0.1, 0.15) is 55.7 Å². The van der Waals surface area contributed by atoms with Crippen molar-refractivity contribution in [1.29, 1.82) is 0 Å². The average Bonchev–Trinajstić information content (AvgIpc) is 2.49. The molecule has 1 saturated carbocycles. The number of hydrogen-bond acceptors (Lipinski definition) is 6. The van der Waals surface area contributed by atoms with E-state index in [0.717, 1.165) is 25.7 Å². The molecule has 116 valence electrons. The van der Waals surface area contributed by atoms with Gasteiger partial charge in [-0.3, -0.25) is 0 Å². The van der Waals surface area contributed by atoms with E-state index >= 15 is 0 Å². The second kappa shape index (κ2) is 6.39. The highest BCUT2D eigenvalue weighted by Crippen LogP contribution is 2.41. The number of anilines is 1. The van der Waals surface area contributed by atoms with Crippen LogP contribution in [0.3, 0.4) is 0 Å². The van der Waals surface area contributed by atoms with Gasteiger partial charge in [0.1, 0.15) is 17.0 Å². The van der Waals surface area contributed by atoms with Crippen molar-refractivity contribution in [2.45, 2.75) is 45.1 Å². The summed E-state index contributed by atoms with van der Waals surface area (Å²) in [6, 6.07) is 0. The first kappa shape index (κ1) is 15.7. The smallest absolute Gasteiger partial charge is 0.343 e. The fraction of sp³-hybridized carbons (Fsp3) is 0.667. The van der Waals surface area contributed by atoms with Crippen molar-refractivity contribution >= 4 is 11.8 Å². The summed E-state index contributed by atoms with van der Waals surface area (Å²) in [4.78, 5) is 20.2. The number of nitrogen functional groups attached to an aromatic ring is 1. The van der Waals surface area contributed by atoms with Crippen LogP contribution in [0.4, 0.5) is 5.82 Å². The Morgan fingerprint density at radius 2 is 2.14 bits per heavy atom. The molecule has 2 N–H and O–H groups in total. The van der Waals surface area contributed by atoms with Crippen LogP contribution in [0, 0.1) is 5.92 Å². The Balaban J connectivity index is 2.33. The first-order valence-electron chi connectivity index (χ1n) is 7.37. The van der Waals surface area contributed by atoms with Gasteiger partial charge in [-0.15, -0.1) is 0 Å². The van der Waals surface area contributed by atoms with Crippen molar-refractivity contribution in [3.05, 3.63) is 17.6 Å². The summed E-state index contributed by atoms with van der Waals surface area (Å²) >= 11 is 0. The first-order valence-corrected chi connectivity index (χ1v) is 7.37. The molecule has 6 nitrogen and oxygen atoms in total. The van der Waals surface area contributed by atoms with E-state index in [1.54, 1.807) is 0 Å². The maximum atomic E-state index is 11.6. The molecule has 0 radical (unpaired) electrons. The zero-order chi connectivity index (χ0) is 15.5. The van der Waals surface area contributed by atoms with Crippen molar-refractivity contribution in [3.8, 4) is 0 Å². The molecule has 1 heterocycles. The van der Waals surface area contributed by atoms with Crippen LogP contribution >= 0.6 is 0 Å². The molecule has 0 aliphatic heterocycles. The fourth-order valence-electron chi connectivity index (χ4n) is 2.82. The van der Waals surface area contributed by atoms with Crippen LogP contribution in [0.25, 0.3) is 0 Å². The molecule has 0 bridgehead atoms. The van der Waals surface area contributed by atoms with Crippen molar-refractivity contribution in [1.82, 2.24) is 9.97 Å². The number of ether oxygens (including phenoxy) is 2. The van der Waals surface area contributed by atoms with E-state index in [2.05, 4.69) is 21.6 Å². The standard InChI is InChI=1S/C15H23N3O3/c1-4-21-15(7-5-10(2)6-8-15)14-17-9-11(12(16)18-14)13(19)20-3/h9-10H,4-8H2,1-3H3,(H2,16,17,18). The minimum atomic E-state index is -0.526. The summed E-state index contributed by atoms with van der Waals surface area (Å²) in [5.41, 5.74) is 5.59. The molecule has 0 amide bonds. The maximum absolute atomic E-state index is 11.6. The highest BCUT2D eigenvalue weighted by atomic mass is 16.5. The predicted octanol–water partition coefficient (Wildman–Crippen LogP) is 2.29. The van der Waals surface area contributed by atoms with Crippen molar-refractivity contribution < 1.29 is 14.3 Å². The third-order valence-corrected chi connectivity index (χ3v) is 4.13. The van der Waals surface area contributed by atoms with Crippen LogP contribution in [0.5, 0.6) is 0 Å². The molecule has 6 heteroatoms. The molecule has 2 rings (SSSR count). The molecule has 1 aliphatic carbocycles. The van der Waals surface area contributed by atoms with Crippen LogP contribution in [0.15, 0.2) is 6.20 Å². The zero-order valence-electron chi connectivity index (χ0n) is 12.9. The second-order valence-corrected chi connectivity index (χ2v) is 5.59. The summed E-state index contributed by atoms with van der Waals surface area (Å²) in [7, 11) is 1.31. The summed E-state index contributed by atoms with van der Waals surface area (Å²) in [5, 5.41) is 0. The summed E-state index contributed by atoms with van der Waals surface area (Å²) in [6.45, 7) is 4.80. The summed E-state index contributed by atoms with van der Waals surface area (Å²) in [5.74, 6) is 0.873. The molecule has 0 saturated heterocycles. The molecule has 0 atom stereocenters. The zero-order valence-corrected chi connectivity index (χ0v) is 12.9. The lowest BCUT2D eigenvalue weighted by atomic mass is 9.79. The Kier molecular flexibility index (Phi) is 4.77. The minimum Gasteiger partial charge on any atom is -0.465 e. The van der Waals surface area contributed by atoms with Gasteiger partial charge in [-0.25, -0.2) is 14.8 Å². The molecular weight excluding hydrogens is 270 g/mol. The molecular formula is C15H23N3O3. The van der Waals surface area contributed by atoms with Crippen molar-refractivity contribution in [2.24, 2.45) is 5.92 Å². The Morgan fingerprint density at radius 3 is 2.67 bits per heavy atom. The number of rotatable bonds is 4. The van der Waals surface area contributed by atoms with E-state index in [1.807, 2.05) is 6.92 Å². The number of nitrogens with two attached hydrogens (primary N) is 1. The lowest BCUT2D eigenvalue weighted by molar-refractivity contribution is -0.0836. The van der Waals surface area contributed by atoms with Crippen LogP contribution in [-0.4, -0.2) is 29.7 Å². The maximum Gasteiger partial charge on any atom is 0.343 e. The number of aromatic nitrogens is 2. The number of carbonyl (C=O) groups is 1. The number of nitrogens with zero attached hydrogens (tertiary/aromatic N) is 2. The van der Waals surface area contributed by atoms with Crippen molar-refractivity contribution in [3.63, 3.8) is 0 Å². The number of esters is 1. The van der Waals surface area contributed by atoms with Crippen LogP contribution < -0.4 is 5.73 Å². The molecule has 1 fully saturated rings. The van der Waals surface area contributed by atoms with Gasteiger partial charge in [0, 0.05) is 12.8 Å². The largest absolute Gasteiger partial charge is 0.465 e. The second-order valence-electron chi connectivity index (χ2n) is 5.59. The molecule has 1 aliphatic rings. The lowest BCUT2D eigenvalue weighted by Gasteiger charge is -2.37. The van der Waals surface area contributed by atoms with Gasteiger partial charge in [-0.1, -0.05) is 6.92 Å². The number of hydrogen-bond donors (Lipinski definition) is 1. The highest BCUT2D eigenvalue weighted by Gasteiger charge is 2.39. The minimum absolute atomic E-state index is 0.143. The predicted molar refractivity (Wildman–Crippen MR) is 78.7 cm³/mol. The van der Waals surface area contributed by atoms with Gasteiger partial charge in [-0.2, -0.15) is 0 Å². The van der Waals surface area contributed by atoms with Gasteiger partial charge in [-0.05, 0) is 38.5 Å². The van der Waals surface area contributed by atoms with Gasteiger partial charge >= 0.3 is 5.97 Å². The molecule has 0 unspecified atom stereocenters. The average molecular weight is 293 g/mol. The third kappa shape index (κ3) is 3.15. The van der Waals surface area contributed by atoms with Gasteiger partial charge < -0.3 is 15.2 Å².